The average molecular weight is 240 g/mol. The molecule has 0 bridgehead atoms. The van der Waals surface area contributed by atoms with Crippen molar-refractivity contribution in [2.24, 2.45) is 11.8 Å². The molecular formula is C12H14ClNO2. The Morgan fingerprint density at radius 3 is 2.88 bits per heavy atom. The number of carbonyl (C=O) groups is 1. The predicted octanol–water partition coefficient (Wildman–Crippen LogP) is 0.893. The number of methoxy groups -OCH3 is 1. The van der Waals surface area contributed by atoms with E-state index in [9.17, 15) is 4.79 Å². The number of ketones is 1. The number of Topliss-reactive ketones (excluding diaryl/α,β-unsaturated/α-hetero) is 1. The minimum Gasteiger partial charge on any atom is -0.375 e. The molecule has 0 aromatic carbocycles. The fraction of sp³-hybridized carbons (Fsp3) is 0.583. The Balaban J connectivity index is 2.02. The lowest BCUT2D eigenvalue weighted by atomic mass is 9.92. The molecule has 0 amide bonds. The van der Waals surface area contributed by atoms with Crippen LogP contribution in [0.3, 0.4) is 0 Å². The second-order valence-electron chi connectivity index (χ2n) is 4.58. The molecule has 0 aromatic rings. The van der Waals surface area contributed by atoms with E-state index in [1.807, 2.05) is 12.2 Å². The first kappa shape index (κ1) is 10.5. The van der Waals surface area contributed by atoms with Gasteiger partial charge in [0.05, 0.1) is 11.5 Å². The molecule has 16 heavy (non-hydrogen) atoms. The topological polar surface area (TPSA) is 38.3 Å². The molecule has 0 aromatic heterocycles. The lowest BCUT2D eigenvalue weighted by molar-refractivity contribution is -0.117. The molecule has 4 heteroatoms. The molecular weight excluding hydrogens is 226 g/mol. The fourth-order valence-electron chi connectivity index (χ4n) is 2.94. The van der Waals surface area contributed by atoms with E-state index in [2.05, 4.69) is 5.32 Å². The summed E-state index contributed by atoms with van der Waals surface area (Å²) >= 11 is 6.16. The minimum absolute atomic E-state index is 0.104. The zero-order valence-electron chi connectivity index (χ0n) is 9.07. The number of nitrogens with one attached hydrogen (secondary N) is 1. The largest absolute Gasteiger partial charge is 0.375 e. The van der Waals surface area contributed by atoms with Crippen LogP contribution in [0.4, 0.5) is 0 Å². The average Bonchev–Trinajstić information content (AvgIpc) is 2.83. The number of hydrogen-bond acceptors (Lipinski definition) is 3. The maximum atomic E-state index is 12.1. The second-order valence-corrected chi connectivity index (χ2v) is 5.09. The minimum atomic E-state index is -0.223. The van der Waals surface area contributed by atoms with Crippen molar-refractivity contribution in [2.75, 3.05) is 20.2 Å². The lowest BCUT2D eigenvalue weighted by Gasteiger charge is -2.22. The zero-order valence-corrected chi connectivity index (χ0v) is 9.83. The third kappa shape index (κ3) is 1.32. The first-order valence-electron chi connectivity index (χ1n) is 5.58. The summed E-state index contributed by atoms with van der Waals surface area (Å²) in [6.45, 7) is 1.69. The Morgan fingerprint density at radius 2 is 2.12 bits per heavy atom. The monoisotopic (exact) mass is 239 g/mol. The molecule has 0 radical (unpaired) electrons. The third-order valence-electron chi connectivity index (χ3n) is 3.78. The molecule has 2 aliphatic carbocycles. The van der Waals surface area contributed by atoms with Gasteiger partial charge in [-0.3, -0.25) is 4.79 Å². The van der Waals surface area contributed by atoms with Gasteiger partial charge in [-0.25, -0.2) is 0 Å². The predicted molar refractivity (Wildman–Crippen MR) is 61.5 cm³/mol. The number of rotatable bonds is 1. The van der Waals surface area contributed by atoms with Crippen molar-refractivity contribution in [1.29, 1.82) is 0 Å². The normalized spacial score (nSPS) is 41.5. The van der Waals surface area contributed by atoms with Crippen LogP contribution in [-0.2, 0) is 9.53 Å². The molecule has 0 spiro atoms. The third-order valence-corrected chi connectivity index (χ3v) is 4.16. The second kappa shape index (κ2) is 3.69. The quantitative estimate of drug-likeness (QED) is 0.691. The Bertz CT molecular complexity index is 402. The van der Waals surface area contributed by atoms with Crippen molar-refractivity contribution in [3.05, 3.63) is 23.3 Å². The molecule has 3 nitrogen and oxygen atoms in total. The summed E-state index contributed by atoms with van der Waals surface area (Å²) in [7, 11) is 1.65. The van der Waals surface area contributed by atoms with E-state index in [0.717, 1.165) is 24.2 Å². The van der Waals surface area contributed by atoms with Crippen molar-refractivity contribution in [3.63, 3.8) is 0 Å². The van der Waals surface area contributed by atoms with Gasteiger partial charge >= 0.3 is 0 Å². The summed E-state index contributed by atoms with van der Waals surface area (Å²) in [6.07, 6.45) is 3.79. The highest BCUT2D eigenvalue weighted by Crippen LogP contribution is 2.43. The SMILES string of the molecule is COC1C=C2C(=CC1Cl)C(=O)C1CNCC21. The van der Waals surface area contributed by atoms with E-state index in [4.69, 9.17) is 16.3 Å². The van der Waals surface area contributed by atoms with E-state index in [1.54, 1.807) is 7.11 Å². The van der Waals surface area contributed by atoms with E-state index in [0.29, 0.717) is 5.92 Å². The van der Waals surface area contributed by atoms with Gasteiger partial charge in [-0.05, 0) is 11.6 Å². The van der Waals surface area contributed by atoms with E-state index >= 15 is 0 Å². The van der Waals surface area contributed by atoms with Gasteiger partial charge in [0.25, 0.3) is 0 Å². The summed E-state index contributed by atoms with van der Waals surface area (Å²) in [4.78, 5) is 12.1. The van der Waals surface area contributed by atoms with Crippen molar-refractivity contribution < 1.29 is 9.53 Å². The Labute approximate surface area is 99.5 Å². The molecule has 3 rings (SSSR count). The number of ether oxygens (including phenoxy) is 1. The summed E-state index contributed by atoms with van der Waals surface area (Å²) in [5, 5.41) is 3.05. The molecule has 2 fully saturated rings. The Morgan fingerprint density at radius 1 is 1.38 bits per heavy atom. The summed E-state index contributed by atoms with van der Waals surface area (Å²) < 4.78 is 5.31. The first-order chi connectivity index (χ1) is 7.72. The number of halogens is 1. The van der Waals surface area contributed by atoms with Crippen LogP contribution in [0.5, 0.6) is 0 Å². The van der Waals surface area contributed by atoms with Crippen LogP contribution in [0.2, 0.25) is 0 Å². The van der Waals surface area contributed by atoms with Crippen molar-refractivity contribution >= 4 is 17.4 Å². The smallest absolute Gasteiger partial charge is 0.167 e. The van der Waals surface area contributed by atoms with Gasteiger partial charge in [0.2, 0.25) is 0 Å². The molecule has 1 saturated carbocycles. The van der Waals surface area contributed by atoms with Crippen molar-refractivity contribution in [3.8, 4) is 0 Å². The van der Waals surface area contributed by atoms with Gasteiger partial charge in [-0.2, -0.15) is 0 Å². The number of hydrogen-bond donors (Lipinski definition) is 1. The molecule has 3 aliphatic rings. The van der Waals surface area contributed by atoms with Crippen LogP contribution in [0.25, 0.3) is 0 Å². The molecule has 1 aliphatic heterocycles. The highest BCUT2D eigenvalue weighted by molar-refractivity contribution is 6.23. The highest BCUT2D eigenvalue weighted by atomic mass is 35.5. The number of alkyl halides is 1. The van der Waals surface area contributed by atoms with Crippen LogP contribution in [0.15, 0.2) is 23.3 Å². The van der Waals surface area contributed by atoms with Gasteiger partial charge in [-0.15, -0.1) is 11.6 Å². The van der Waals surface area contributed by atoms with E-state index in [1.165, 1.54) is 0 Å². The lowest BCUT2D eigenvalue weighted by Crippen LogP contribution is -2.25. The van der Waals surface area contributed by atoms with E-state index in [-0.39, 0.29) is 23.2 Å². The van der Waals surface area contributed by atoms with E-state index < -0.39 is 0 Å². The van der Waals surface area contributed by atoms with Crippen LogP contribution < -0.4 is 5.32 Å². The summed E-state index contributed by atoms with van der Waals surface area (Å²) in [6, 6.07) is 0. The molecule has 1 heterocycles. The van der Waals surface area contributed by atoms with Gasteiger partial charge in [0.15, 0.2) is 5.78 Å². The first-order valence-corrected chi connectivity index (χ1v) is 6.01. The number of allylic oxidation sites excluding steroid dienone is 1. The van der Waals surface area contributed by atoms with Gasteiger partial charge < -0.3 is 10.1 Å². The van der Waals surface area contributed by atoms with Crippen LogP contribution in [0.1, 0.15) is 0 Å². The maximum absolute atomic E-state index is 12.1. The number of carbonyl (C=O) groups excluding carboxylic acids is 1. The number of fused-ring (bicyclic) bond motifs is 3. The standard InChI is InChI=1S/C12H14ClNO2/c1-16-11-3-6-7(2-10(11)13)12(15)9-5-14-4-8(6)9/h2-3,8-11,14H,4-5H2,1H3. The van der Waals surface area contributed by atoms with Crippen LogP contribution >= 0.6 is 11.6 Å². The molecule has 4 atom stereocenters. The van der Waals surface area contributed by atoms with Crippen LogP contribution in [-0.4, -0.2) is 37.5 Å². The fourth-order valence-corrected chi connectivity index (χ4v) is 3.24. The van der Waals surface area contributed by atoms with Crippen LogP contribution in [0, 0.1) is 11.8 Å². The highest BCUT2D eigenvalue weighted by Gasteiger charge is 2.46. The Hall–Kier alpha value is -0.640. The summed E-state index contributed by atoms with van der Waals surface area (Å²) in [5.41, 5.74) is 1.98. The maximum Gasteiger partial charge on any atom is 0.167 e. The van der Waals surface area contributed by atoms with Crippen molar-refractivity contribution in [1.82, 2.24) is 5.32 Å². The van der Waals surface area contributed by atoms with Gasteiger partial charge in [0.1, 0.15) is 0 Å². The summed E-state index contributed by atoms with van der Waals surface area (Å²) in [5.74, 6) is 0.707. The van der Waals surface area contributed by atoms with Crippen molar-refractivity contribution in [2.45, 2.75) is 11.5 Å². The zero-order chi connectivity index (χ0) is 11.3. The Kier molecular flexibility index (Phi) is 2.42. The van der Waals surface area contributed by atoms with Gasteiger partial charge in [0, 0.05) is 37.6 Å². The molecule has 1 N–H and O–H groups in total. The molecule has 86 valence electrons. The van der Waals surface area contributed by atoms with Gasteiger partial charge in [-0.1, -0.05) is 6.08 Å². The molecule has 1 saturated heterocycles. The molecule has 4 unspecified atom stereocenters.